The van der Waals surface area contributed by atoms with Crippen LogP contribution in [0.2, 0.25) is 0 Å². The van der Waals surface area contributed by atoms with Crippen molar-refractivity contribution in [1.82, 2.24) is 0 Å². The SMILES string of the molecule is CCCCCC(C(=O)O)c1ccc(C(F)(F)F)cc1. The van der Waals surface area contributed by atoms with Gasteiger partial charge in [-0.25, -0.2) is 0 Å². The predicted octanol–water partition coefficient (Wildman–Crippen LogP) is 4.45. The van der Waals surface area contributed by atoms with Gasteiger partial charge in [0.05, 0.1) is 11.5 Å². The van der Waals surface area contributed by atoms with Crippen LogP contribution in [0.25, 0.3) is 0 Å². The second kappa shape index (κ2) is 6.59. The second-order valence-electron chi connectivity index (χ2n) is 4.51. The van der Waals surface area contributed by atoms with Gasteiger partial charge in [-0.05, 0) is 24.1 Å². The lowest BCUT2D eigenvalue weighted by Gasteiger charge is -2.14. The average molecular weight is 274 g/mol. The molecule has 1 aromatic carbocycles. The molecule has 0 aliphatic carbocycles. The highest BCUT2D eigenvalue weighted by Crippen LogP contribution is 2.31. The van der Waals surface area contributed by atoms with Gasteiger partial charge in [0.15, 0.2) is 0 Å². The maximum absolute atomic E-state index is 12.4. The molecule has 1 aromatic rings. The van der Waals surface area contributed by atoms with E-state index in [1.54, 1.807) is 0 Å². The monoisotopic (exact) mass is 274 g/mol. The van der Waals surface area contributed by atoms with E-state index in [1.807, 2.05) is 6.92 Å². The molecular weight excluding hydrogens is 257 g/mol. The number of hydrogen-bond donors (Lipinski definition) is 1. The van der Waals surface area contributed by atoms with Crippen LogP contribution >= 0.6 is 0 Å². The van der Waals surface area contributed by atoms with Gasteiger partial charge in [0.25, 0.3) is 0 Å². The van der Waals surface area contributed by atoms with E-state index in [0.717, 1.165) is 31.4 Å². The largest absolute Gasteiger partial charge is 0.481 e. The van der Waals surface area contributed by atoms with Crippen molar-refractivity contribution in [2.24, 2.45) is 0 Å². The summed E-state index contributed by atoms with van der Waals surface area (Å²) >= 11 is 0. The minimum atomic E-state index is -4.39. The summed E-state index contributed by atoms with van der Waals surface area (Å²) < 4.78 is 37.2. The smallest absolute Gasteiger partial charge is 0.416 e. The van der Waals surface area contributed by atoms with Crippen molar-refractivity contribution in [3.63, 3.8) is 0 Å². The number of halogens is 3. The molecule has 1 N–H and O–H groups in total. The first kappa shape index (κ1) is 15.5. The third-order valence-electron chi connectivity index (χ3n) is 3.03. The van der Waals surface area contributed by atoms with E-state index in [-0.39, 0.29) is 0 Å². The molecule has 0 aliphatic heterocycles. The van der Waals surface area contributed by atoms with Gasteiger partial charge in [0.1, 0.15) is 0 Å². The third-order valence-corrected chi connectivity index (χ3v) is 3.03. The molecule has 0 amide bonds. The number of hydrogen-bond acceptors (Lipinski definition) is 1. The molecule has 0 spiro atoms. The summed E-state index contributed by atoms with van der Waals surface area (Å²) in [6.07, 6.45) is -1.29. The number of unbranched alkanes of at least 4 members (excludes halogenated alkanes) is 2. The van der Waals surface area contributed by atoms with E-state index in [4.69, 9.17) is 5.11 Å². The Labute approximate surface area is 110 Å². The molecule has 0 aliphatic rings. The van der Waals surface area contributed by atoms with Gasteiger partial charge < -0.3 is 5.11 Å². The van der Waals surface area contributed by atoms with Crippen molar-refractivity contribution in [3.8, 4) is 0 Å². The van der Waals surface area contributed by atoms with E-state index in [1.165, 1.54) is 12.1 Å². The first-order valence-electron chi connectivity index (χ1n) is 6.26. The van der Waals surface area contributed by atoms with E-state index >= 15 is 0 Å². The van der Waals surface area contributed by atoms with Crippen LogP contribution in [0.4, 0.5) is 13.2 Å². The molecule has 1 rings (SSSR count). The van der Waals surface area contributed by atoms with Gasteiger partial charge >= 0.3 is 12.1 Å². The molecule has 0 fully saturated rings. The number of benzene rings is 1. The quantitative estimate of drug-likeness (QED) is 0.778. The van der Waals surface area contributed by atoms with Crippen LogP contribution < -0.4 is 0 Å². The van der Waals surface area contributed by atoms with Crippen LogP contribution in [0.1, 0.15) is 49.7 Å². The van der Waals surface area contributed by atoms with Gasteiger partial charge in [-0.1, -0.05) is 38.3 Å². The number of aliphatic carboxylic acids is 1. The van der Waals surface area contributed by atoms with Crippen molar-refractivity contribution in [1.29, 1.82) is 0 Å². The molecule has 0 saturated carbocycles. The summed E-state index contributed by atoms with van der Waals surface area (Å²) in [5.74, 6) is -1.72. The maximum atomic E-state index is 12.4. The fourth-order valence-electron chi connectivity index (χ4n) is 1.94. The average Bonchev–Trinajstić information content (AvgIpc) is 2.33. The molecule has 19 heavy (non-hydrogen) atoms. The normalized spacial score (nSPS) is 13.3. The van der Waals surface area contributed by atoms with Crippen LogP contribution in [-0.4, -0.2) is 11.1 Å². The molecule has 106 valence electrons. The van der Waals surface area contributed by atoms with Crippen LogP contribution in [0, 0.1) is 0 Å². The Morgan fingerprint density at radius 3 is 2.21 bits per heavy atom. The molecule has 0 radical (unpaired) electrons. The van der Waals surface area contributed by atoms with Crippen LogP contribution in [0.5, 0.6) is 0 Å². The van der Waals surface area contributed by atoms with Crippen molar-refractivity contribution < 1.29 is 23.1 Å². The van der Waals surface area contributed by atoms with Crippen molar-refractivity contribution in [3.05, 3.63) is 35.4 Å². The maximum Gasteiger partial charge on any atom is 0.416 e. The summed E-state index contributed by atoms with van der Waals surface area (Å²) in [5, 5.41) is 9.13. The number of carbonyl (C=O) groups is 1. The Morgan fingerprint density at radius 1 is 1.21 bits per heavy atom. The molecule has 0 aromatic heterocycles. The number of carboxylic acid groups (broad SMARTS) is 1. The number of carboxylic acids is 1. The highest BCUT2D eigenvalue weighted by Gasteiger charge is 2.30. The molecule has 2 nitrogen and oxygen atoms in total. The Balaban J connectivity index is 2.83. The summed E-state index contributed by atoms with van der Waals surface area (Å²) in [6.45, 7) is 2.01. The molecular formula is C14H17F3O2. The number of rotatable bonds is 6. The Kier molecular flexibility index (Phi) is 5.39. The van der Waals surface area contributed by atoms with Crippen molar-refractivity contribution in [2.45, 2.75) is 44.7 Å². The summed E-state index contributed by atoms with van der Waals surface area (Å²) in [6, 6.07) is 4.39. The predicted molar refractivity (Wildman–Crippen MR) is 66.0 cm³/mol. The minimum Gasteiger partial charge on any atom is -0.481 e. The lowest BCUT2D eigenvalue weighted by molar-refractivity contribution is -0.139. The lowest BCUT2D eigenvalue weighted by atomic mass is 9.92. The van der Waals surface area contributed by atoms with E-state index in [2.05, 4.69) is 0 Å². The van der Waals surface area contributed by atoms with Gasteiger partial charge in [0.2, 0.25) is 0 Å². The van der Waals surface area contributed by atoms with Crippen LogP contribution in [0.15, 0.2) is 24.3 Å². The molecule has 0 saturated heterocycles. The zero-order chi connectivity index (χ0) is 14.5. The van der Waals surface area contributed by atoms with Crippen molar-refractivity contribution in [2.75, 3.05) is 0 Å². The first-order chi connectivity index (χ1) is 8.86. The molecule has 0 bridgehead atoms. The lowest BCUT2D eigenvalue weighted by Crippen LogP contribution is -2.12. The fraction of sp³-hybridized carbons (Fsp3) is 0.500. The van der Waals surface area contributed by atoms with E-state index in [9.17, 15) is 18.0 Å². The summed E-state index contributed by atoms with van der Waals surface area (Å²) in [4.78, 5) is 11.2. The zero-order valence-electron chi connectivity index (χ0n) is 10.7. The second-order valence-corrected chi connectivity index (χ2v) is 4.51. The van der Waals surface area contributed by atoms with Crippen LogP contribution in [-0.2, 0) is 11.0 Å². The summed E-state index contributed by atoms with van der Waals surface area (Å²) in [7, 11) is 0. The molecule has 1 atom stereocenters. The van der Waals surface area contributed by atoms with Gasteiger partial charge in [-0.3, -0.25) is 4.79 Å². The topological polar surface area (TPSA) is 37.3 Å². The van der Waals surface area contributed by atoms with E-state index < -0.39 is 23.6 Å². The molecule has 1 unspecified atom stereocenters. The fourth-order valence-corrected chi connectivity index (χ4v) is 1.94. The van der Waals surface area contributed by atoms with E-state index in [0.29, 0.717) is 12.0 Å². The van der Waals surface area contributed by atoms with Crippen molar-refractivity contribution >= 4 is 5.97 Å². The van der Waals surface area contributed by atoms with Gasteiger partial charge in [-0.2, -0.15) is 13.2 Å². The van der Waals surface area contributed by atoms with Gasteiger partial charge in [0, 0.05) is 0 Å². The molecule has 0 heterocycles. The highest BCUT2D eigenvalue weighted by molar-refractivity contribution is 5.76. The third kappa shape index (κ3) is 4.58. The standard InChI is InChI=1S/C14H17F3O2/c1-2-3-4-5-12(13(18)19)10-6-8-11(9-7-10)14(15,16)17/h6-9,12H,2-5H2,1H3,(H,18,19). The van der Waals surface area contributed by atoms with Gasteiger partial charge in [-0.15, -0.1) is 0 Å². The Hall–Kier alpha value is -1.52. The highest BCUT2D eigenvalue weighted by atomic mass is 19.4. The summed E-state index contributed by atoms with van der Waals surface area (Å²) in [5.41, 5.74) is -0.328. The zero-order valence-corrected chi connectivity index (χ0v) is 10.7. The Bertz CT molecular complexity index is 410. The van der Waals surface area contributed by atoms with Crippen LogP contribution in [0.3, 0.4) is 0 Å². The first-order valence-corrected chi connectivity index (χ1v) is 6.26. The number of alkyl halides is 3. The molecule has 5 heteroatoms. The minimum absolute atomic E-state index is 0.427. The Morgan fingerprint density at radius 2 is 1.79 bits per heavy atom.